The first-order valence-corrected chi connectivity index (χ1v) is 9.75. The number of ether oxygens (including phenoxy) is 1. The van der Waals surface area contributed by atoms with E-state index < -0.39 is 11.7 Å². The van der Waals surface area contributed by atoms with Gasteiger partial charge in [-0.05, 0) is 37.4 Å². The molecule has 30 heavy (non-hydrogen) atoms. The molecule has 1 saturated heterocycles. The number of halogens is 3. The average Bonchev–Trinajstić information content (AvgIpc) is 2.73. The van der Waals surface area contributed by atoms with Gasteiger partial charge in [-0.1, -0.05) is 6.07 Å². The lowest BCUT2D eigenvalue weighted by molar-refractivity contribution is -0.137. The van der Waals surface area contributed by atoms with Gasteiger partial charge in [-0.3, -0.25) is 14.7 Å². The Hall–Kier alpha value is -2.65. The zero-order valence-corrected chi connectivity index (χ0v) is 16.8. The summed E-state index contributed by atoms with van der Waals surface area (Å²) in [4.78, 5) is 20.5. The van der Waals surface area contributed by atoms with Crippen LogP contribution in [0.5, 0.6) is 0 Å². The van der Waals surface area contributed by atoms with Crippen LogP contribution in [0.1, 0.15) is 11.3 Å². The van der Waals surface area contributed by atoms with Gasteiger partial charge in [0.25, 0.3) is 0 Å². The third-order valence-corrected chi connectivity index (χ3v) is 4.84. The van der Waals surface area contributed by atoms with E-state index in [0.717, 1.165) is 17.8 Å². The molecule has 162 valence electrons. The quantitative estimate of drug-likeness (QED) is 0.743. The van der Waals surface area contributed by atoms with Crippen molar-refractivity contribution in [2.75, 3.05) is 56.7 Å². The second-order valence-corrected chi connectivity index (χ2v) is 7.19. The van der Waals surface area contributed by atoms with E-state index in [1.807, 2.05) is 28.0 Å². The first-order valence-electron chi connectivity index (χ1n) is 9.75. The number of amides is 1. The van der Waals surface area contributed by atoms with Crippen LogP contribution in [0.25, 0.3) is 0 Å². The molecule has 2 heterocycles. The monoisotopic (exact) mass is 422 g/mol. The van der Waals surface area contributed by atoms with Crippen LogP contribution in [0.15, 0.2) is 42.6 Å². The number of hydrogen-bond donors (Lipinski definition) is 1. The first-order chi connectivity index (χ1) is 14.3. The molecule has 1 aromatic heterocycles. The number of hydrogen-bond acceptors (Lipinski definition) is 5. The predicted octanol–water partition coefficient (Wildman–Crippen LogP) is 3.05. The second kappa shape index (κ2) is 9.90. The first kappa shape index (κ1) is 22.0. The number of nitrogens with one attached hydrogen (secondary N) is 1. The van der Waals surface area contributed by atoms with E-state index in [2.05, 4.69) is 10.3 Å². The molecule has 0 saturated carbocycles. The van der Waals surface area contributed by atoms with Gasteiger partial charge in [0.2, 0.25) is 5.91 Å². The minimum atomic E-state index is -4.48. The van der Waals surface area contributed by atoms with E-state index in [-0.39, 0.29) is 18.1 Å². The average molecular weight is 422 g/mol. The van der Waals surface area contributed by atoms with Crippen LogP contribution in [-0.4, -0.2) is 62.2 Å². The van der Waals surface area contributed by atoms with Crippen LogP contribution in [0.4, 0.5) is 24.5 Å². The predicted molar refractivity (Wildman–Crippen MR) is 109 cm³/mol. The van der Waals surface area contributed by atoms with Gasteiger partial charge < -0.3 is 15.0 Å². The van der Waals surface area contributed by atoms with Gasteiger partial charge in [0.15, 0.2) is 0 Å². The lowest BCUT2D eigenvalue weighted by atomic mass is 10.1. The SMILES string of the molecule is CN(CCc1ccccn1)CC(=O)Nc1cc(C(F)(F)F)ccc1N1CCOCC1. The molecule has 3 rings (SSSR count). The molecule has 1 aromatic carbocycles. The van der Waals surface area contributed by atoms with Gasteiger partial charge in [-0.2, -0.15) is 13.2 Å². The third-order valence-electron chi connectivity index (χ3n) is 4.84. The molecule has 1 aliphatic rings. The van der Waals surface area contributed by atoms with Gasteiger partial charge in [0.05, 0.1) is 36.7 Å². The highest BCUT2D eigenvalue weighted by atomic mass is 19.4. The normalized spacial score (nSPS) is 14.8. The van der Waals surface area contributed by atoms with Crippen molar-refractivity contribution in [2.24, 2.45) is 0 Å². The number of nitrogens with zero attached hydrogens (tertiary/aromatic N) is 3. The number of morpholine rings is 1. The van der Waals surface area contributed by atoms with Crippen LogP contribution < -0.4 is 10.2 Å². The summed E-state index contributed by atoms with van der Waals surface area (Å²) >= 11 is 0. The molecule has 1 aliphatic heterocycles. The number of anilines is 2. The summed E-state index contributed by atoms with van der Waals surface area (Å²) in [7, 11) is 1.79. The number of carbonyl (C=O) groups is 1. The number of aromatic nitrogens is 1. The fraction of sp³-hybridized carbons (Fsp3) is 0.429. The lowest BCUT2D eigenvalue weighted by Crippen LogP contribution is -2.37. The highest BCUT2D eigenvalue weighted by Crippen LogP contribution is 2.35. The molecule has 0 unspecified atom stereocenters. The van der Waals surface area contributed by atoms with Crippen molar-refractivity contribution in [3.63, 3.8) is 0 Å². The van der Waals surface area contributed by atoms with E-state index in [1.165, 1.54) is 6.07 Å². The van der Waals surface area contributed by atoms with Crippen molar-refractivity contribution in [1.29, 1.82) is 0 Å². The Morgan fingerprint density at radius 3 is 2.67 bits per heavy atom. The molecule has 1 amide bonds. The second-order valence-electron chi connectivity index (χ2n) is 7.19. The lowest BCUT2D eigenvalue weighted by Gasteiger charge is -2.31. The molecule has 0 bridgehead atoms. The molecule has 0 aliphatic carbocycles. The summed E-state index contributed by atoms with van der Waals surface area (Å²) < 4.78 is 44.9. The molecular weight excluding hydrogens is 397 g/mol. The topological polar surface area (TPSA) is 57.7 Å². The Labute approximate surface area is 173 Å². The fourth-order valence-electron chi connectivity index (χ4n) is 3.26. The van der Waals surface area contributed by atoms with E-state index in [0.29, 0.717) is 45.0 Å². The Balaban J connectivity index is 1.67. The van der Waals surface area contributed by atoms with Crippen LogP contribution in [0.2, 0.25) is 0 Å². The number of rotatable bonds is 7. The fourth-order valence-corrected chi connectivity index (χ4v) is 3.26. The van der Waals surface area contributed by atoms with Crippen LogP contribution >= 0.6 is 0 Å². The zero-order valence-electron chi connectivity index (χ0n) is 16.8. The summed E-state index contributed by atoms with van der Waals surface area (Å²) in [6.45, 7) is 2.75. The number of pyridine rings is 1. The Morgan fingerprint density at radius 2 is 2.00 bits per heavy atom. The molecule has 2 aromatic rings. The number of alkyl halides is 3. The standard InChI is InChI=1S/C21H25F3N4O2/c1-27(9-7-17-4-2-3-8-25-17)15-20(29)26-18-14-16(21(22,23)24)5-6-19(18)28-10-12-30-13-11-28/h2-6,8,14H,7,9-13,15H2,1H3,(H,26,29). The summed E-state index contributed by atoms with van der Waals surface area (Å²) in [5, 5.41) is 2.67. The van der Waals surface area contributed by atoms with Crippen molar-refractivity contribution in [2.45, 2.75) is 12.6 Å². The molecule has 0 spiro atoms. The number of likely N-dealkylation sites (N-methyl/N-ethyl adjacent to an activating group) is 1. The highest BCUT2D eigenvalue weighted by Gasteiger charge is 2.32. The molecule has 0 radical (unpaired) electrons. The van der Waals surface area contributed by atoms with Crippen LogP contribution in [0, 0.1) is 0 Å². The van der Waals surface area contributed by atoms with Crippen molar-refractivity contribution in [1.82, 2.24) is 9.88 Å². The van der Waals surface area contributed by atoms with Gasteiger partial charge in [0, 0.05) is 37.9 Å². The summed E-state index contributed by atoms with van der Waals surface area (Å²) in [6.07, 6.45) is -2.10. The summed E-state index contributed by atoms with van der Waals surface area (Å²) in [5.41, 5.74) is 0.848. The maximum Gasteiger partial charge on any atom is 0.416 e. The highest BCUT2D eigenvalue weighted by molar-refractivity contribution is 5.95. The molecule has 9 heteroatoms. The maximum atomic E-state index is 13.2. The van der Waals surface area contributed by atoms with Crippen molar-refractivity contribution >= 4 is 17.3 Å². The summed E-state index contributed by atoms with van der Waals surface area (Å²) in [6, 6.07) is 9.09. The number of benzene rings is 1. The van der Waals surface area contributed by atoms with E-state index in [1.54, 1.807) is 13.2 Å². The number of carbonyl (C=O) groups excluding carboxylic acids is 1. The Morgan fingerprint density at radius 1 is 1.23 bits per heavy atom. The van der Waals surface area contributed by atoms with Crippen molar-refractivity contribution in [3.8, 4) is 0 Å². The zero-order chi connectivity index (χ0) is 21.6. The van der Waals surface area contributed by atoms with Gasteiger partial charge in [0.1, 0.15) is 0 Å². The largest absolute Gasteiger partial charge is 0.416 e. The van der Waals surface area contributed by atoms with E-state index >= 15 is 0 Å². The third kappa shape index (κ3) is 6.17. The molecular formula is C21H25F3N4O2. The van der Waals surface area contributed by atoms with Crippen molar-refractivity contribution in [3.05, 3.63) is 53.9 Å². The molecule has 6 nitrogen and oxygen atoms in total. The minimum Gasteiger partial charge on any atom is -0.378 e. The van der Waals surface area contributed by atoms with Crippen LogP contribution in [-0.2, 0) is 22.1 Å². The van der Waals surface area contributed by atoms with E-state index in [4.69, 9.17) is 4.74 Å². The maximum absolute atomic E-state index is 13.2. The van der Waals surface area contributed by atoms with Crippen molar-refractivity contribution < 1.29 is 22.7 Å². The van der Waals surface area contributed by atoms with Gasteiger partial charge in [-0.25, -0.2) is 0 Å². The molecule has 0 atom stereocenters. The Kier molecular flexibility index (Phi) is 7.28. The smallest absolute Gasteiger partial charge is 0.378 e. The minimum absolute atomic E-state index is 0.0611. The van der Waals surface area contributed by atoms with Gasteiger partial charge in [-0.15, -0.1) is 0 Å². The summed E-state index contributed by atoms with van der Waals surface area (Å²) in [5.74, 6) is -0.368. The molecule has 1 fully saturated rings. The van der Waals surface area contributed by atoms with Gasteiger partial charge >= 0.3 is 6.18 Å². The Bertz CT molecular complexity index is 840. The molecule has 1 N–H and O–H groups in total. The van der Waals surface area contributed by atoms with Crippen LogP contribution in [0.3, 0.4) is 0 Å². The van der Waals surface area contributed by atoms with E-state index in [9.17, 15) is 18.0 Å².